The molecule has 146 valence electrons. The van der Waals surface area contributed by atoms with Crippen LogP contribution >= 0.6 is 0 Å². The van der Waals surface area contributed by atoms with Gasteiger partial charge in [-0.25, -0.2) is 9.97 Å². The van der Waals surface area contributed by atoms with E-state index >= 15 is 0 Å². The second-order valence-corrected chi connectivity index (χ2v) is 7.59. The molecule has 28 heavy (non-hydrogen) atoms. The number of benzene rings is 2. The Kier molecular flexibility index (Phi) is 5.23. The molecule has 0 radical (unpaired) electrons. The number of rotatable bonds is 5. The van der Waals surface area contributed by atoms with Gasteiger partial charge in [0.1, 0.15) is 11.7 Å². The van der Waals surface area contributed by atoms with Crippen molar-refractivity contribution in [3.63, 3.8) is 0 Å². The molecule has 1 N–H and O–H groups in total. The smallest absolute Gasteiger partial charge is 0.317 e. The van der Waals surface area contributed by atoms with Gasteiger partial charge in [-0.05, 0) is 23.8 Å². The van der Waals surface area contributed by atoms with E-state index in [0.29, 0.717) is 28.6 Å². The first-order valence-electron chi connectivity index (χ1n) is 8.98. The first-order valence-corrected chi connectivity index (χ1v) is 8.98. The summed E-state index contributed by atoms with van der Waals surface area (Å²) in [5.74, 6) is -0.336. The number of aromatic nitrogens is 2. The van der Waals surface area contributed by atoms with E-state index in [1.165, 1.54) is 7.11 Å². The molecule has 0 aliphatic carbocycles. The molecule has 0 spiro atoms. The van der Waals surface area contributed by atoms with Crippen molar-refractivity contribution in [1.29, 1.82) is 0 Å². The molecule has 6 heteroatoms. The number of carbonyl (C=O) groups is 1. The Labute approximate surface area is 164 Å². The van der Waals surface area contributed by atoms with E-state index in [0.717, 1.165) is 10.9 Å². The molecule has 0 aliphatic heterocycles. The summed E-state index contributed by atoms with van der Waals surface area (Å²) in [7, 11) is 3.06. The average Bonchev–Trinajstić information content (AvgIpc) is 2.66. The van der Waals surface area contributed by atoms with Crippen LogP contribution in [0.3, 0.4) is 0 Å². The van der Waals surface area contributed by atoms with Gasteiger partial charge in [-0.15, -0.1) is 0 Å². The van der Waals surface area contributed by atoms with E-state index in [1.807, 2.05) is 45.0 Å². The van der Waals surface area contributed by atoms with Gasteiger partial charge in [0.25, 0.3) is 0 Å². The second kappa shape index (κ2) is 7.46. The lowest BCUT2D eigenvalue weighted by Gasteiger charge is -2.21. The van der Waals surface area contributed by atoms with Gasteiger partial charge in [0.2, 0.25) is 0 Å². The van der Waals surface area contributed by atoms with Crippen LogP contribution in [-0.2, 0) is 10.2 Å². The molecule has 0 amide bonds. The second-order valence-electron chi connectivity index (χ2n) is 7.59. The molecule has 1 atom stereocenters. The molecule has 0 bridgehead atoms. The minimum Gasteiger partial charge on any atom is -0.493 e. The van der Waals surface area contributed by atoms with Crippen molar-refractivity contribution in [1.82, 2.24) is 9.97 Å². The van der Waals surface area contributed by atoms with Crippen molar-refractivity contribution in [2.45, 2.75) is 32.1 Å². The van der Waals surface area contributed by atoms with Gasteiger partial charge in [0.15, 0.2) is 11.5 Å². The van der Waals surface area contributed by atoms with E-state index < -0.39 is 11.9 Å². The minimum absolute atomic E-state index is 0.320. The van der Waals surface area contributed by atoms with E-state index in [9.17, 15) is 9.90 Å². The lowest BCUT2D eigenvalue weighted by atomic mass is 9.90. The van der Waals surface area contributed by atoms with Gasteiger partial charge in [-0.3, -0.25) is 4.79 Å². The highest BCUT2D eigenvalue weighted by Crippen LogP contribution is 2.36. The Bertz CT molecular complexity index is 1020. The van der Waals surface area contributed by atoms with Crippen LogP contribution in [-0.4, -0.2) is 35.3 Å². The Hall–Kier alpha value is -3.15. The van der Waals surface area contributed by atoms with Gasteiger partial charge in [-0.1, -0.05) is 45.0 Å². The third-order valence-electron chi connectivity index (χ3n) is 4.56. The molecule has 0 saturated carbocycles. The zero-order chi connectivity index (χ0) is 20.5. The van der Waals surface area contributed by atoms with Crippen LogP contribution in [0.25, 0.3) is 10.9 Å². The third kappa shape index (κ3) is 3.63. The van der Waals surface area contributed by atoms with E-state index in [-0.39, 0.29) is 5.41 Å². The van der Waals surface area contributed by atoms with Crippen LogP contribution in [0.1, 0.15) is 43.8 Å². The van der Waals surface area contributed by atoms with E-state index in [1.54, 1.807) is 25.3 Å². The first kappa shape index (κ1) is 19.6. The molecular formula is C22H24N2O4. The monoisotopic (exact) mass is 380 g/mol. The number of aliphatic carboxylic acids is 1. The molecule has 1 unspecified atom stereocenters. The van der Waals surface area contributed by atoms with Crippen molar-refractivity contribution in [2.75, 3.05) is 14.2 Å². The molecule has 2 aromatic carbocycles. The molecule has 6 nitrogen and oxygen atoms in total. The van der Waals surface area contributed by atoms with Crippen LogP contribution in [0.5, 0.6) is 11.5 Å². The van der Waals surface area contributed by atoms with Crippen molar-refractivity contribution >= 4 is 16.9 Å². The maximum Gasteiger partial charge on any atom is 0.317 e. The predicted octanol–water partition coefficient (Wildman–Crippen LogP) is 4.16. The summed E-state index contributed by atoms with van der Waals surface area (Å²) >= 11 is 0. The van der Waals surface area contributed by atoms with Crippen molar-refractivity contribution < 1.29 is 19.4 Å². The molecule has 0 aliphatic rings. The Balaban J connectivity index is 2.29. The minimum atomic E-state index is -0.990. The maximum absolute atomic E-state index is 12.3. The van der Waals surface area contributed by atoms with Gasteiger partial charge < -0.3 is 14.6 Å². The zero-order valence-corrected chi connectivity index (χ0v) is 16.7. The molecule has 0 saturated heterocycles. The number of carboxylic acids is 1. The Morgan fingerprint density at radius 1 is 1.00 bits per heavy atom. The highest BCUT2D eigenvalue weighted by Gasteiger charge is 2.29. The summed E-state index contributed by atoms with van der Waals surface area (Å²) in [4.78, 5) is 21.7. The fourth-order valence-corrected chi connectivity index (χ4v) is 3.11. The summed E-state index contributed by atoms with van der Waals surface area (Å²) in [6.07, 6.45) is 0. The van der Waals surface area contributed by atoms with Crippen molar-refractivity contribution in [2.24, 2.45) is 0 Å². The lowest BCUT2D eigenvalue weighted by molar-refractivity contribution is -0.137. The number of hydrogen-bond donors (Lipinski definition) is 1. The Morgan fingerprint density at radius 2 is 1.68 bits per heavy atom. The van der Waals surface area contributed by atoms with Gasteiger partial charge >= 0.3 is 5.97 Å². The molecule has 3 aromatic rings. The number of carboxylic acid groups (broad SMARTS) is 1. The molecule has 1 heterocycles. The highest BCUT2D eigenvalue weighted by molar-refractivity contribution is 5.89. The zero-order valence-electron chi connectivity index (χ0n) is 16.7. The largest absolute Gasteiger partial charge is 0.493 e. The van der Waals surface area contributed by atoms with Crippen LogP contribution in [0.2, 0.25) is 0 Å². The first-order chi connectivity index (χ1) is 13.3. The molecule has 3 rings (SSSR count). The number of hydrogen-bond acceptors (Lipinski definition) is 5. The lowest BCUT2D eigenvalue weighted by Crippen LogP contribution is -2.21. The van der Waals surface area contributed by atoms with Crippen molar-refractivity contribution in [3.05, 3.63) is 59.5 Å². The number of fused-ring (bicyclic) bond motifs is 1. The van der Waals surface area contributed by atoms with Gasteiger partial charge in [-0.2, -0.15) is 0 Å². The number of nitrogens with zero attached hydrogens (tertiary/aromatic N) is 2. The van der Waals surface area contributed by atoms with Gasteiger partial charge in [0.05, 0.1) is 25.4 Å². The molecule has 0 fully saturated rings. The third-order valence-corrected chi connectivity index (χ3v) is 4.56. The SMILES string of the molecule is COc1ccc(C(C(=O)O)c2nc(C(C)(C)C)nc3ccccc23)cc1OC. The fraction of sp³-hybridized carbons (Fsp3) is 0.318. The molecular weight excluding hydrogens is 356 g/mol. The number of methoxy groups -OCH3 is 2. The van der Waals surface area contributed by atoms with Crippen molar-refractivity contribution in [3.8, 4) is 11.5 Å². The highest BCUT2D eigenvalue weighted by atomic mass is 16.5. The van der Waals surface area contributed by atoms with Crippen LogP contribution in [0.15, 0.2) is 42.5 Å². The van der Waals surface area contributed by atoms with Crippen LogP contribution < -0.4 is 9.47 Å². The number of para-hydroxylation sites is 1. The topological polar surface area (TPSA) is 81.5 Å². The summed E-state index contributed by atoms with van der Waals surface area (Å²) in [6.45, 7) is 6.02. The fourth-order valence-electron chi connectivity index (χ4n) is 3.11. The summed E-state index contributed by atoms with van der Waals surface area (Å²) < 4.78 is 10.6. The quantitative estimate of drug-likeness (QED) is 0.716. The predicted molar refractivity (Wildman–Crippen MR) is 107 cm³/mol. The van der Waals surface area contributed by atoms with Crippen LogP contribution in [0, 0.1) is 0 Å². The normalized spacial score (nSPS) is 12.6. The number of ether oxygens (including phenoxy) is 2. The summed E-state index contributed by atoms with van der Waals surface area (Å²) in [6, 6.07) is 12.6. The standard InChI is InChI=1S/C22H24N2O4/c1-22(2,3)21-23-15-9-7-6-8-14(15)19(24-21)18(20(25)26)13-10-11-16(27-4)17(12-13)28-5/h6-12,18H,1-5H3,(H,25,26). The van der Waals surface area contributed by atoms with Gasteiger partial charge in [0, 0.05) is 10.8 Å². The summed E-state index contributed by atoms with van der Waals surface area (Å²) in [5.41, 5.74) is 1.44. The van der Waals surface area contributed by atoms with E-state index in [2.05, 4.69) is 4.98 Å². The Morgan fingerprint density at radius 3 is 2.29 bits per heavy atom. The maximum atomic E-state index is 12.3. The molecule has 1 aromatic heterocycles. The van der Waals surface area contributed by atoms with Crippen LogP contribution in [0.4, 0.5) is 0 Å². The van der Waals surface area contributed by atoms with E-state index in [4.69, 9.17) is 14.5 Å². The average molecular weight is 380 g/mol. The summed E-state index contributed by atoms with van der Waals surface area (Å²) in [5, 5.41) is 10.8.